The Balaban J connectivity index is 2.36. The SMILES string of the molecule is O=C(Nc1ccc(Cl)c(Cl)c1)c1ccc([N+](=O)[O-])c(C(F)(F)F)c1. The molecule has 0 atom stereocenters. The van der Waals surface area contributed by atoms with Crippen molar-refractivity contribution < 1.29 is 22.9 Å². The first-order valence-corrected chi connectivity index (χ1v) is 6.97. The number of halogens is 5. The van der Waals surface area contributed by atoms with Crippen LogP contribution in [-0.2, 0) is 6.18 Å². The lowest BCUT2D eigenvalue weighted by atomic mass is 10.1. The predicted molar refractivity (Wildman–Crippen MR) is 82.5 cm³/mol. The number of carbonyl (C=O) groups is 1. The average molecular weight is 379 g/mol. The van der Waals surface area contributed by atoms with Gasteiger partial charge in [0, 0.05) is 17.3 Å². The van der Waals surface area contributed by atoms with Crippen molar-refractivity contribution in [1.29, 1.82) is 0 Å². The fourth-order valence-electron chi connectivity index (χ4n) is 1.84. The Morgan fingerprint density at radius 3 is 2.29 bits per heavy atom. The minimum atomic E-state index is -4.97. The molecule has 24 heavy (non-hydrogen) atoms. The van der Waals surface area contributed by atoms with Crippen molar-refractivity contribution in [3.8, 4) is 0 Å². The highest BCUT2D eigenvalue weighted by Gasteiger charge is 2.38. The molecule has 0 unspecified atom stereocenters. The highest BCUT2D eigenvalue weighted by Crippen LogP contribution is 2.36. The van der Waals surface area contributed by atoms with Crippen molar-refractivity contribution in [3.05, 3.63) is 67.7 Å². The number of nitrogens with one attached hydrogen (secondary N) is 1. The van der Waals surface area contributed by atoms with Crippen LogP contribution in [0.5, 0.6) is 0 Å². The monoisotopic (exact) mass is 378 g/mol. The molecule has 2 aromatic rings. The number of alkyl halides is 3. The molecule has 2 aromatic carbocycles. The van der Waals surface area contributed by atoms with Gasteiger partial charge in [-0.3, -0.25) is 14.9 Å². The minimum absolute atomic E-state index is 0.147. The number of nitro benzene ring substituents is 1. The van der Waals surface area contributed by atoms with Crippen molar-refractivity contribution in [2.75, 3.05) is 5.32 Å². The zero-order valence-electron chi connectivity index (χ0n) is 11.5. The summed E-state index contributed by atoms with van der Waals surface area (Å²) >= 11 is 11.5. The number of anilines is 1. The van der Waals surface area contributed by atoms with Gasteiger partial charge >= 0.3 is 6.18 Å². The molecule has 0 aliphatic heterocycles. The Labute approximate surface area is 143 Å². The Kier molecular flexibility index (Phi) is 5.00. The summed E-state index contributed by atoms with van der Waals surface area (Å²) in [4.78, 5) is 21.6. The summed E-state index contributed by atoms with van der Waals surface area (Å²) in [5.41, 5.74) is -2.82. The molecule has 1 amide bonds. The van der Waals surface area contributed by atoms with Crippen LogP contribution in [0.15, 0.2) is 36.4 Å². The van der Waals surface area contributed by atoms with Crippen molar-refractivity contribution in [2.45, 2.75) is 6.18 Å². The van der Waals surface area contributed by atoms with Gasteiger partial charge in [-0.25, -0.2) is 0 Å². The molecule has 0 aromatic heterocycles. The third-order valence-corrected chi connectivity index (χ3v) is 3.68. The molecule has 0 spiro atoms. The van der Waals surface area contributed by atoms with E-state index in [9.17, 15) is 28.1 Å². The number of nitro groups is 1. The number of nitrogens with zero attached hydrogens (tertiary/aromatic N) is 1. The van der Waals surface area contributed by atoms with Crippen LogP contribution in [-0.4, -0.2) is 10.8 Å². The molecule has 0 aliphatic rings. The summed E-state index contributed by atoms with van der Waals surface area (Å²) in [6.07, 6.45) is -4.97. The fourth-order valence-corrected chi connectivity index (χ4v) is 2.14. The lowest BCUT2D eigenvalue weighted by Gasteiger charge is -2.10. The molecular formula is C14H7Cl2F3N2O3. The molecule has 0 saturated heterocycles. The van der Waals surface area contributed by atoms with E-state index in [4.69, 9.17) is 23.2 Å². The van der Waals surface area contributed by atoms with Gasteiger partial charge in [0.2, 0.25) is 0 Å². The summed E-state index contributed by atoms with van der Waals surface area (Å²) in [7, 11) is 0. The first-order valence-electron chi connectivity index (χ1n) is 6.21. The van der Waals surface area contributed by atoms with E-state index >= 15 is 0 Å². The van der Waals surface area contributed by atoms with E-state index < -0.39 is 28.3 Å². The maximum absolute atomic E-state index is 12.9. The number of carbonyl (C=O) groups excluding carboxylic acids is 1. The number of amides is 1. The molecule has 0 radical (unpaired) electrons. The Morgan fingerprint density at radius 1 is 1.08 bits per heavy atom. The van der Waals surface area contributed by atoms with Crippen LogP contribution < -0.4 is 5.32 Å². The first kappa shape index (κ1) is 18.0. The van der Waals surface area contributed by atoms with Crippen LogP contribution in [0.25, 0.3) is 0 Å². The van der Waals surface area contributed by atoms with Crippen LogP contribution in [0.2, 0.25) is 10.0 Å². The topological polar surface area (TPSA) is 72.2 Å². The molecule has 0 fully saturated rings. The largest absolute Gasteiger partial charge is 0.423 e. The van der Waals surface area contributed by atoms with Crippen molar-refractivity contribution in [3.63, 3.8) is 0 Å². The first-order chi connectivity index (χ1) is 11.1. The van der Waals surface area contributed by atoms with Crippen LogP contribution in [0.4, 0.5) is 24.5 Å². The maximum atomic E-state index is 12.9. The van der Waals surface area contributed by atoms with Gasteiger partial charge in [0.1, 0.15) is 5.56 Å². The Morgan fingerprint density at radius 2 is 1.75 bits per heavy atom. The van der Waals surface area contributed by atoms with Gasteiger partial charge in [0.15, 0.2) is 0 Å². The molecule has 126 valence electrons. The summed E-state index contributed by atoms with van der Waals surface area (Å²) < 4.78 is 38.7. The molecule has 0 bridgehead atoms. The van der Waals surface area contributed by atoms with Crippen molar-refractivity contribution >= 4 is 40.5 Å². The zero-order valence-corrected chi connectivity index (χ0v) is 13.0. The molecule has 10 heteroatoms. The molecule has 2 rings (SSSR count). The van der Waals surface area contributed by atoms with Crippen molar-refractivity contribution in [2.24, 2.45) is 0 Å². The highest BCUT2D eigenvalue weighted by molar-refractivity contribution is 6.42. The van der Waals surface area contributed by atoms with E-state index in [1.54, 1.807) is 0 Å². The lowest BCUT2D eigenvalue weighted by Crippen LogP contribution is -2.15. The van der Waals surface area contributed by atoms with Gasteiger partial charge < -0.3 is 5.32 Å². The molecule has 0 aliphatic carbocycles. The van der Waals surface area contributed by atoms with Crippen LogP contribution in [0, 0.1) is 10.1 Å². The molecular weight excluding hydrogens is 372 g/mol. The standard InChI is InChI=1S/C14H7Cl2F3N2O3/c15-10-3-2-8(6-11(10)16)20-13(22)7-1-4-12(21(23)24)9(5-7)14(17,18)19/h1-6H,(H,20,22). The van der Waals surface area contributed by atoms with Gasteiger partial charge in [-0.1, -0.05) is 23.2 Å². The summed E-state index contributed by atoms with van der Waals surface area (Å²) in [6.45, 7) is 0. The molecule has 1 N–H and O–H groups in total. The van der Waals surface area contributed by atoms with Gasteiger partial charge in [0.05, 0.1) is 15.0 Å². The summed E-state index contributed by atoms with van der Waals surface area (Å²) in [5.74, 6) is -0.881. The second kappa shape index (κ2) is 6.66. The average Bonchev–Trinajstić information content (AvgIpc) is 2.49. The lowest BCUT2D eigenvalue weighted by molar-refractivity contribution is -0.388. The molecule has 5 nitrogen and oxygen atoms in total. The Hall–Kier alpha value is -2.32. The highest BCUT2D eigenvalue weighted by atomic mass is 35.5. The third kappa shape index (κ3) is 3.95. The van der Waals surface area contributed by atoms with Gasteiger partial charge in [-0.2, -0.15) is 13.2 Å². The molecule has 0 saturated carbocycles. The van der Waals surface area contributed by atoms with Crippen molar-refractivity contribution in [1.82, 2.24) is 0 Å². The van der Waals surface area contributed by atoms with Gasteiger partial charge in [-0.15, -0.1) is 0 Å². The summed E-state index contributed by atoms with van der Waals surface area (Å²) in [5, 5.41) is 13.4. The van der Waals surface area contributed by atoms with Crippen LogP contribution in [0.1, 0.15) is 15.9 Å². The quantitative estimate of drug-likeness (QED) is 0.591. The van der Waals surface area contributed by atoms with Crippen LogP contribution >= 0.6 is 23.2 Å². The number of hydrogen-bond acceptors (Lipinski definition) is 3. The van der Waals surface area contributed by atoms with E-state index in [-0.39, 0.29) is 21.3 Å². The normalized spacial score (nSPS) is 11.2. The molecule has 0 heterocycles. The van der Waals surface area contributed by atoms with E-state index in [1.165, 1.54) is 18.2 Å². The van der Waals surface area contributed by atoms with E-state index in [0.717, 1.165) is 6.07 Å². The third-order valence-electron chi connectivity index (χ3n) is 2.94. The second-order valence-corrected chi connectivity index (χ2v) is 5.38. The minimum Gasteiger partial charge on any atom is -0.322 e. The zero-order chi connectivity index (χ0) is 18.1. The smallest absolute Gasteiger partial charge is 0.322 e. The van der Waals surface area contributed by atoms with E-state index in [2.05, 4.69) is 5.32 Å². The number of benzene rings is 2. The Bertz CT molecular complexity index is 825. The number of rotatable bonds is 3. The predicted octanol–water partition coefficient (Wildman–Crippen LogP) is 5.17. The van der Waals surface area contributed by atoms with E-state index in [1.807, 2.05) is 0 Å². The van der Waals surface area contributed by atoms with E-state index in [0.29, 0.717) is 12.1 Å². The second-order valence-electron chi connectivity index (χ2n) is 4.57. The van der Waals surface area contributed by atoms with Crippen LogP contribution in [0.3, 0.4) is 0 Å². The summed E-state index contributed by atoms with van der Waals surface area (Å²) in [6, 6.07) is 6.11. The number of hydrogen-bond donors (Lipinski definition) is 1. The fraction of sp³-hybridized carbons (Fsp3) is 0.0714. The maximum Gasteiger partial charge on any atom is 0.423 e. The van der Waals surface area contributed by atoms with Gasteiger partial charge in [-0.05, 0) is 30.3 Å². The van der Waals surface area contributed by atoms with Gasteiger partial charge in [0.25, 0.3) is 11.6 Å².